The first-order chi connectivity index (χ1) is 13.3. The van der Waals surface area contributed by atoms with Crippen LogP contribution in [0.5, 0.6) is 0 Å². The first-order valence-electron chi connectivity index (χ1n) is 10.2. The number of carbonyl (C=O) groups excluding carboxylic acids is 1. The van der Waals surface area contributed by atoms with Crippen LogP contribution in [-0.2, 0) is 19.4 Å². The minimum atomic E-state index is 0.111. The third kappa shape index (κ3) is 4.71. The largest absolute Gasteiger partial charge is 0.338 e. The van der Waals surface area contributed by atoms with E-state index in [4.69, 9.17) is 0 Å². The van der Waals surface area contributed by atoms with Crippen LogP contribution in [0.2, 0.25) is 0 Å². The lowest BCUT2D eigenvalue weighted by molar-refractivity contribution is 0.108. The number of amides is 2. The van der Waals surface area contributed by atoms with E-state index in [-0.39, 0.29) is 6.03 Å². The third-order valence-electron chi connectivity index (χ3n) is 5.87. The van der Waals surface area contributed by atoms with Gasteiger partial charge in [-0.3, -0.25) is 4.90 Å². The number of thiophene rings is 1. The van der Waals surface area contributed by atoms with E-state index in [2.05, 4.69) is 45.9 Å². The van der Waals surface area contributed by atoms with Gasteiger partial charge in [-0.05, 0) is 54.7 Å². The molecule has 4 rings (SSSR count). The molecule has 0 atom stereocenters. The fourth-order valence-electron chi connectivity index (χ4n) is 4.26. The monoisotopic (exact) mass is 383 g/mol. The predicted molar refractivity (Wildman–Crippen MR) is 111 cm³/mol. The summed E-state index contributed by atoms with van der Waals surface area (Å²) in [6, 6.07) is 13.5. The van der Waals surface area contributed by atoms with E-state index in [1.54, 1.807) is 4.88 Å². The number of piperidine rings is 1. The van der Waals surface area contributed by atoms with Gasteiger partial charge in [0.2, 0.25) is 0 Å². The molecule has 5 heteroatoms. The number of hydrogen-bond acceptors (Lipinski definition) is 3. The SMILES string of the molecule is O=C(NCCCc1ccccc1)N1CCC(N2CCc3sccc3C2)CC1. The van der Waals surface area contributed by atoms with Crippen molar-refractivity contribution in [3.05, 3.63) is 57.8 Å². The van der Waals surface area contributed by atoms with Crippen LogP contribution >= 0.6 is 11.3 Å². The lowest BCUT2D eigenvalue weighted by Gasteiger charge is -2.40. The van der Waals surface area contributed by atoms with Crippen LogP contribution in [0.25, 0.3) is 0 Å². The molecule has 27 heavy (non-hydrogen) atoms. The van der Waals surface area contributed by atoms with Gasteiger partial charge in [-0.2, -0.15) is 0 Å². The predicted octanol–water partition coefficient (Wildman–Crippen LogP) is 3.91. The van der Waals surface area contributed by atoms with E-state index in [1.807, 2.05) is 22.3 Å². The number of benzene rings is 1. The summed E-state index contributed by atoms with van der Waals surface area (Å²) in [4.78, 5) is 18.6. The smallest absolute Gasteiger partial charge is 0.317 e. The fraction of sp³-hybridized carbons (Fsp3) is 0.500. The minimum absolute atomic E-state index is 0.111. The number of hydrogen-bond donors (Lipinski definition) is 1. The molecule has 2 amide bonds. The van der Waals surface area contributed by atoms with Crippen molar-refractivity contribution in [1.82, 2.24) is 15.1 Å². The number of nitrogens with zero attached hydrogens (tertiary/aromatic N) is 2. The fourth-order valence-corrected chi connectivity index (χ4v) is 5.15. The van der Waals surface area contributed by atoms with Crippen LogP contribution in [0.3, 0.4) is 0 Å². The summed E-state index contributed by atoms with van der Waals surface area (Å²) in [7, 11) is 0. The zero-order valence-corrected chi connectivity index (χ0v) is 16.7. The highest BCUT2D eigenvalue weighted by Crippen LogP contribution is 2.28. The Kier molecular flexibility index (Phi) is 6.10. The molecule has 0 saturated carbocycles. The Hall–Kier alpha value is -1.85. The molecular formula is C22H29N3OS. The second-order valence-electron chi connectivity index (χ2n) is 7.63. The van der Waals surface area contributed by atoms with Gasteiger partial charge in [-0.25, -0.2) is 4.79 Å². The summed E-state index contributed by atoms with van der Waals surface area (Å²) < 4.78 is 0. The van der Waals surface area contributed by atoms with E-state index in [0.29, 0.717) is 6.04 Å². The Balaban J connectivity index is 1.16. The highest BCUT2D eigenvalue weighted by atomic mass is 32.1. The summed E-state index contributed by atoms with van der Waals surface area (Å²) in [6.07, 6.45) is 5.38. The van der Waals surface area contributed by atoms with Gasteiger partial charge in [-0.15, -0.1) is 11.3 Å². The Morgan fingerprint density at radius 2 is 1.93 bits per heavy atom. The molecule has 1 aromatic heterocycles. The molecule has 2 aromatic rings. The second kappa shape index (κ2) is 8.89. The quantitative estimate of drug-likeness (QED) is 0.795. The second-order valence-corrected chi connectivity index (χ2v) is 8.63. The summed E-state index contributed by atoms with van der Waals surface area (Å²) in [6.45, 7) is 4.77. The summed E-state index contributed by atoms with van der Waals surface area (Å²) >= 11 is 1.90. The number of rotatable bonds is 5. The Bertz CT molecular complexity index is 737. The minimum Gasteiger partial charge on any atom is -0.338 e. The maximum absolute atomic E-state index is 12.4. The Morgan fingerprint density at radius 1 is 1.11 bits per heavy atom. The molecule has 2 aliphatic rings. The average molecular weight is 384 g/mol. The summed E-state index contributed by atoms with van der Waals surface area (Å²) in [5, 5.41) is 5.32. The van der Waals surface area contributed by atoms with Crippen molar-refractivity contribution in [2.45, 2.75) is 44.7 Å². The molecule has 1 fully saturated rings. The van der Waals surface area contributed by atoms with Crippen LogP contribution in [0.15, 0.2) is 41.8 Å². The molecule has 0 aliphatic carbocycles. The number of fused-ring (bicyclic) bond motifs is 1. The van der Waals surface area contributed by atoms with Crippen molar-refractivity contribution in [1.29, 1.82) is 0 Å². The number of urea groups is 1. The van der Waals surface area contributed by atoms with Gasteiger partial charge >= 0.3 is 6.03 Å². The van der Waals surface area contributed by atoms with Crippen molar-refractivity contribution in [2.24, 2.45) is 0 Å². The van der Waals surface area contributed by atoms with E-state index < -0.39 is 0 Å². The highest BCUT2D eigenvalue weighted by molar-refractivity contribution is 7.10. The van der Waals surface area contributed by atoms with Crippen molar-refractivity contribution >= 4 is 17.4 Å². The van der Waals surface area contributed by atoms with E-state index >= 15 is 0 Å². The topological polar surface area (TPSA) is 35.6 Å². The van der Waals surface area contributed by atoms with Gasteiger partial charge in [0.1, 0.15) is 0 Å². The van der Waals surface area contributed by atoms with Crippen LogP contribution in [0, 0.1) is 0 Å². The first-order valence-corrected chi connectivity index (χ1v) is 11.0. The standard InChI is InChI=1S/C22H29N3OS/c26-22(23-12-4-7-18-5-2-1-3-6-18)24-13-8-20(9-14-24)25-15-10-21-19(17-25)11-16-27-21/h1-3,5-6,11,16,20H,4,7-10,12-15,17H2,(H,23,26). The number of likely N-dealkylation sites (tertiary alicyclic amines) is 1. The lowest BCUT2D eigenvalue weighted by atomic mass is 10.00. The van der Waals surface area contributed by atoms with Crippen molar-refractivity contribution < 1.29 is 4.79 Å². The van der Waals surface area contributed by atoms with Crippen LogP contribution in [0.1, 0.15) is 35.3 Å². The van der Waals surface area contributed by atoms with Crippen molar-refractivity contribution in [3.63, 3.8) is 0 Å². The molecule has 144 valence electrons. The van der Waals surface area contributed by atoms with E-state index in [9.17, 15) is 4.79 Å². The van der Waals surface area contributed by atoms with Gasteiger partial charge in [0.05, 0.1) is 0 Å². The Morgan fingerprint density at radius 3 is 2.74 bits per heavy atom. The number of aryl methyl sites for hydroxylation is 1. The molecule has 0 radical (unpaired) electrons. The molecule has 1 saturated heterocycles. The number of carbonyl (C=O) groups is 1. The van der Waals surface area contributed by atoms with Crippen LogP contribution in [0.4, 0.5) is 4.79 Å². The van der Waals surface area contributed by atoms with E-state index in [0.717, 1.165) is 51.9 Å². The van der Waals surface area contributed by atoms with Gasteiger partial charge < -0.3 is 10.2 Å². The summed E-state index contributed by atoms with van der Waals surface area (Å²) in [5.41, 5.74) is 2.85. The van der Waals surface area contributed by atoms with Gasteiger partial charge in [0.25, 0.3) is 0 Å². The molecule has 0 unspecified atom stereocenters. The molecular weight excluding hydrogens is 354 g/mol. The molecule has 0 bridgehead atoms. The first kappa shape index (κ1) is 18.5. The molecule has 3 heterocycles. The maximum Gasteiger partial charge on any atom is 0.317 e. The molecule has 0 spiro atoms. The van der Waals surface area contributed by atoms with Crippen LogP contribution < -0.4 is 5.32 Å². The lowest BCUT2D eigenvalue weighted by Crippen LogP contribution is -2.50. The zero-order chi connectivity index (χ0) is 18.5. The maximum atomic E-state index is 12.4. The zero-order valence-electron chi connectivity index (χ0n) is 15.9. The van der Waals surface area contributed by atoms with Gasteiger partial charge in [-0.1, -0.05) is 30.3 Å². The van der Waals surface area contributed by atoms with Gasteiger partial charge in [0, 0.05) is 43.6 Å². The van der Waals surface area contributed by atoms with Crippen LogP contribution in [-0.4, -0.2) is 48.1 Å². The van der Waals surface area contributed by atoms with Crippen molar-refractivity contribution in [2.75, 3.05) is 26.2 Å². The number of nitrogens with one attached hydrogen (secondary N) is 1. The van der Waals surface area contributed by atoms with Gasteiger partial charge in [0.15, 0.2) is 0 Å². The molecule has 2 aliphatic heterocycles. The molecule has 4 nitrogen and oxygen atoms in total. The highest BCUT2D eigenvalue weighted by Gasteiger charge is 2.29. The third-order valence-corrected chi connectivity index (χ3v) is 6.89. The van der Waals surface area contributed by atoms with E-state index in [1.165, 1.54) is 24.1 Å². The molecule has 1 aromatic carbocycles. The average Bonchev–Trinajstić information content (AvgIpc) is 3.20. The Labute approximate surface area is 166 Å². The normalized spacial score (nSPS) is 18.3. The molecule has 1 N–H and O–H groups in total. The van der Waals surface area contributed by atoms with Crippen molar-refractivity contribution in [3.8, 4) is 0 Å². The summed E-state index contributed by atoms with van der Waals surface area (Å²) in [5.74, 6) is 0.